The first-order valence-electron chi connectivity index (χ1n) is 14.7. The molecule has 1 N–H and O–H groups in total. The highest BCUT2D eigenvalue weighted by Crippen LogP contribution is 2.63. The Kier molecular flexibility index (Phi) is 6.60. The van der Waals surface area contributed by atoms with Crippen LogP contribution in [0.15, 0.2) is 78.4 Å². The number of phenols is 1. The summed E-state index contributed by atoms with van der Waals surface area (Å²) in [5.74, 6) is -5.91. The van der Waals surface area contributed by atoms with Crippen molar-refractivity contribution in [3.63, 3.8) is 0 Å². The zero-order chi connectivity index (χ0) is 31.9. The summed E-state index contributed by atoms with van der Waals surface area (Å²) in [6.45, 7) is 3.18. The SMILES string of the molecule is CC(=O)c1ccc(N2C(=O)[C@H]3[C@H](CC=C4[C@H]3C[C@H]3C(=O)N(c5ccc(F)c(Cl)c5)C(=O)[C@@]3(C)[C@H]4c3ccc(O)cc3)C2=O)cc1. The van der Waals surface area contributed by atoms with Gasteiger partial charge in [0.1, 0.15) is 11.6 Å². The number of carbonyl (C=O) groups is 5. The number of imide groups is 2. The molecule has 1 saturated carbocycles. The van der Waals surface area contributed by atoms with Gasteiger partial charge in [0.05, 0.1) is 39.6 Å². The molecular weight excluding hydrogens is 599 g/mol. The quantitative estimate of drug-likeness (QED) is 0.222. The van der Waals surface area contributed by atoms with Crippen molar-refractivity contribution in [3.05, 3.63) is 100 Å². The van der Waals surface area contributed by atoms with Crippen LogP contribution in [0, 0.1) is 34.9 Å². The van der Waals surface area contributed by atoms with Gasteiger partial charge >= 0.3 is 0 Å². The molecule has 4 amide bonds. The first kappa shape index (κ1) is 29.1. The molecule has 0 aromatic heterocycles. The molecular formula is C35H28ClFN2O6. The number of hydrogen-bond acceptors (Lipinski definition) is 6. The number of rotatable bonds is 4. The summed E-state index contributed by atoms with van der Waals surface area (Å²) in [6.07, 6.45) is 2.37. The van der Waals surface area contributed by atoms with Crippen LogP contribution in [0.1, 0.15) is 48.5 Å². The molecule has 0 unspecified atom stereocenters. The Morgan fingerprint density at radius 2 is 1.56 bits per heavy atom. The first-order valence-corrected chi connectivity index (χ1v) is 15.1. The number of Topliss-reactive ketones (excluding diaryl/α,β-unsaturated/α-hetero) is 1. The van der Waals surface area contributed by atoms with Gasteiger partial charge in [0.2, 0.25) is 23.6 Å². The number of benzene rings is 3. The van der Waals surface area contributed by atoms with Gasteiger partial charge in [0.25, 0.3) is 0 Å². The van der Waals surface area contributed by atoms with Gasteiger partial charge in [-0.05, 0) is 92.8 Å². The average Bonchev–Trinajstić information content (AvgIpc) is 3.38. The van der Waals surface area contributed by atoms with Crippen molar-refractivity contribution < 1.29 is 33.5 Å². The molecule has 0 bridgehead atoms. The van der Waals surface area contributed by atoms with E-state index >= 15 is 0 Å². The van der Waals surface area contributed by atoms with Crippen LogP contribution in [0.4, 0.5) is 15.8 Å². The molecule has 4 aliphatic rings. The van der Waals surface area contributed by atoms with E-state index < -0.39 is 52.6 Å². The number of ketones is 1. The van der Waals surface area contributed by atoms with Crippen molar-refractivity contribution in [3.8, 4) is 5.75 Å². The number of allylic oxidation sites excluding steroid dienone is 2. The summed E-state index contributed by atoms with van der Waals surface area (Å²) in [7, 11) is 0. The molecule has 6 atom stereocenters. The predicted octanol–water partition coefficient (Wildman–Crippen LogP) is 5.82. The molecule has 3 aromatic rings. The minimum atomic E-state index is -1.28. The summed E-state index contributed by atoms with van der Waals surface area (Å²) < 4.78 is 14.0. The Balaban J connectivity index is 1.33. The lowest BCUT2D eigenvalue weighted by Crippen LogP contribution is -2.48. The van der Waals surface area contributed by atoms with Gasteiger partial charge in [0.15, 0.2) is 5.78 Å². The summed E-state index contributed by atoms with van der Waals surface area (Å²) in [6, 6.07) is 16.5. The van der Waals surface area contributed by atoms with Crippen LogP contribution >= 0.6 is 11.6 Å². The second-order valence-corrected chi connectivity index (χ2v) is 12.9. The monoisotopic (exact) mass is 626 g/mol. The zero-order valence-electron chi connectivity index (χ0n) is 24.4. The molecule has 0 spiro atoms. The van der Waals surface area contributed by atoms with Crippen LogP contribution in [0.2, 0.25) is 5.02 Å². The van der Waals surface area contributed by atoms with Crippen LogP contribution in [-0.4, -0.2) is 34.5 Å². The number of anilines is 2. The third-order valence-corrected chi connectivity index (χ3v) is 10.5. The Hall–Kier alpha value is -4.63. The van der Waals surface area contributed by atoms with E-state index in [1.54, 1.807) is 43.3 Å². The third-order valence-electron chi connectivity index (χ3n) is 10.2. The fourth-order valence-corrected chi connectivity index (χ4v) is 8.21. The number of amides is 4. The Labute approximate surface area is 263 Å². The topological polar surface area (TPSA) is 112 Å². The van der Waals surface area contributed by atoms with Crippen LogP contribution in [0.5, 0.6) is 5.75 Å². The van der Waals surface area contributed by atoms with E-state index in [2.05, 4.69) is 0 Å². The molecule has 2 heterocycles. The van der Waals surface area contributed by atoms with E-state index in [0.29, 0.717) is 16.8 Å². The number of halogens is 2. The minimum Gasteiger partial charge on any atom is -0.508 e. The minimum absolute atomic E-state index is 0.0323. The lowest BCUT2D eigenvalue weighted by molar-refractivity contribution is -0.131. The van der Waals surface area contributed by atoms with Gasteiger partial charge in [-0.15, -0.1) is 0 Å². The number of hydrogen-bond donors (Lipinski definition) is 1. The van der Waals surface area contributed by atoms with E-state index in [9.17, 15) is 33.5 Å². The fraction of sp³-hybridized carbons (Fsp3) is 0.286. The summed E-state index contributed by atoms with van der Waals surface area (Å²) in [4.78, 5) is 70.5. The van der Waals surface area contributed by atoms with Crippen LogP contribution in [0.3, 0.4) is 0 Å². The number of aromatic hydroxyl groups is 1. The van der Waals surface area contributed by atoms with Gasteiger partial charge in [0, 0.05) is 11.5 Å². The smallest absolute Gasteiger partial charge is 0.241 e. The maximum atomic E-state index is 14.4. The molecule has 10 heteroatoms. The van der Waals surface area contributed by atoms with Crippen LogP contribution in [-0.2, 0) is 19.2 Å². The molecule has 8 nitrogen and oxygen atoms in total. The average molecular weight is 627 g/mol. The largest absolute Gasteiger partial charge is 0.508 e. The molecule has 45 heavy (non-hydrogen) atoms. The molecule has 7 rings (SSSR count). The second-order valence-electron chi connectivity index (χ2n) is 12.5. The van der Waals surface area contributed by atoms with Crippen molar-refractivity contribution in [2.24, 2.45) is 29.1 Å². The molecule has 228 valence electrons. The summed E-state index contributed by atoms with van der Waals surface area (Å²) >= 11 is 6.05. The highest BCUT2D eigenvalue weighted by atomic mass is 35.5. The second kappa shape index (κ2) is 10.2. The molecule has 2 aliphatic carbocycles. The van der Waals surface area contributed by atoms with Gasteiger partial charge in [-0.2, -0.15) is 0 Å². The highest BCUT2D eigenvalue weighted by molar-refractivity contribution is 6.32. The molecule has 3 fully saturated rings. The van der Waals surface area contributed by atoms with Gasteiger partial charge in [-0.3, -0.25) is 28.9 Å². The van der Waals surface area contributed by atoms with Gasteiger partial charge in [-0.25, -0.2) is 9.29 Å². The number of fused-ring (bicyclic) bond motifs is 4. The van der Waals surface area contributed by atoms with Crippen molar-refractivity contribution in [1.29, 1.82) is 0 Å². The van der Waals surface area contributed by atoms with Crippen molar-refractivity contribution in [2.45, 2.75) is 32.6 Å². The maximum Gasteiger partial charge on any atom is 0.241 e. The van der Waals surface area contributed by atoms with E-state index in [1.807, 2.05) is 6.08 Å². The van der Waals surface area contributed by atoms with Gasteiger partial charge in [-0.1, -0.05) is 35.4 Å². The van der Waals surface area contributed by atoms with Gasteiger partial charge < -0.3 is 5.11 Å². The Morgan fingerprint density at radius 3 is 2.20 bits per heavy atom. The number of phenolic OH excluding ortho intramolecular Hbond substituents is 1. The lowest BCUT2D eigenvalue weighted by atomic mass is 9.51. The number of nitrogens with zero attached hydrogens (tertiary/aromatic N) is 2. The Morgan fingerprint density at radius 1 is 0.889 bits per heavy atom. The predicted molar refractivity (Wildman–Crippen MR) is 163 cm³/mol. The molecule has 2 aliphatic heterocycles. The van der Waals surface area contributed by atoms with Crippen molar-refractivity contribution in [1.82, 2.24) is 0 Å². The van der Waals surface area contributed by atoms with Crippen molar-refractivity contribution >= 4 is 52.4 Å². The molecule has 2 saturated heterocycles. The lowest BCUT2D eigenvalue weighted by Gasteiger charge is -2.49. The zero-order valence-corrected chi connectivity index (χ0v) is 25.1. The highest BCUT2D eigenvalue weighted by Gasteiger charge is 2.67. The van der Waals surface area contributed by atoms with E-state index in [-0.39, 0.29) is 46.9 Å². The molecule has 0 radical (unpaired) electrons. The van der Waals surface area contributed by atoms with Crippen LogP contribution in [0.25, 0.3) is 0 Å². The van der Waals surface area contributed by atoms with E-state index in [0.717, 1.165) is 16.5 Å². The summed E-state index contributed by atoms with van der Waals surface area (Å²) in [5.41, 5.74) is 1.18. The molecule has 3 aromatic carbocycles. The number of carbonyl (C=O) groups excluding carboxylic acids is 5. The fourth-order valence-electron chi connectivity index (χ4n) is 8.03. The van der Waals surface area contributed by atoms with E-state index in [4.69, 9.17) is 11.6 Å². The van der Waals surface area contributed by atoms with Crippen molar-refractivity contribution in [2.75, 3.05) is 9.80 Å². The van der Waals surface area contributed by atoms with Crippen LogP contribution < -0.4 is 9.80 Å². The first-order chi connectivity index (χ1) is 21.4. The summed E-state index contributed by atoms with van der Waals surface area (Å²) in [5, 5.41) is 9.82. The Bertz CT molecular complexity index is 1850. The maximum absolute atomic E-state index is 14.4. The normalized spacial score (nSPS) is 29.0. The van der Waals surface area contributed by atoms with E-state index in [1.165, 1.54) is 36.1 Å². The standard InChI is InChI=1S/C35H28ClFN2O6/c1-17(40)18-3-7-20(8-4-18)38-31(42)24-13-12-23-25(29(24)33(38)44)16-26-32(43)39(21-9-14-28(37)27(36)15-21)34(45)35(26,2)30(23)19-5-10-22(41)11-6-19/h3-12,14-15,24-26,29-30,41H,13,16H2,1-2H3/t24-,25+,26-,29-,30-,35+/m0/s1. The third kappa shape index (κ3) is 4.13.